The van der Waals surface area contributed by atoms with E-state index in [4.69, 9.17) is 9.97 Å². The fraction of sp³-hybridized carbons (Fsp3) is 0. The second-order valence-corrected chi connectivity index (χ2v) is 26.1. The van der Waals surface area contributed by atoms with Gasteiger partial charge in [0.25, 0.3) is 0 Å². The minimum Gasteiger partial charge on any atom is -0.310 e. The summed E-state index contributed by atoms with van der Waals surface area (Å²) in [5.41, 5.74) is 14.8. The summed E-state index contributed by atoms with van der Waals surface area (Å²) < 4.78 is 2.41. The highest BCUT2D eigenvalue weighted by atomic mass is 32.2. The first-order chi connectivity index (χ1) is 43.6. The monoisotopic (exact) mass is 1160 g/mol. The average Bonchev–Trinajstić information content (AvgIpc) is 1.46. The highest BCUT2D eigenvalue weighted by Crippen LogP contribution is 2.65. The lowest BCUT2D eigenvalue weighted by Gasteiger charge is -2.29. The maximum Gasteiger partial charge on any atom is 0.0889 e. The highest BCUT2D eigenvalue weighted by molar-refractivity contribution is 8.17. The van der Waals surface area contributed by atoms with Crippen LogP contribution in [-0.4, -0.2) is 9.97 Å². The van der Waals surface area contributed by atoms with E-state index in [-0.39, 0.29) is 0 Å². The van der Waals surface area contributed by atoms with Crippen LogP contribution in [0.15, 0.2) is 324 Å². The van der Waals surface area contributed by atoms with Crippen molar-refractivity contribution in [2.75, 3.05) is 9.80 Å². The smallest absolute Gasteiger partial charge is 0.0889 e. The number of thiol groups is 1. The van der Waals surface area contributed by atoms with E-state index < -0.39 is 10.9 Å². The van der Waals surface area contributed by atoms with Crippen molar-refractivity contribution in [3.63, 3.8) is 0 Å². The summed E-state index contributed by atoms with van der Waals surface area (Å²) >= 11 is 1.80. The predicted octanol–water partition coefficient (Wildman–Crippen LogP) is 23.5. The van der Waals surface area contributed by atoms with Crippen molar-refractivity contribution in [1.82, 2.24) is 9.97 Å². The average molecular weight is 1160 g/mol. The number of aromatic nitrogens is 2. The Hall–Kier alpha value is -10.9. The summed E-state index contributed by atoms with van der Waals surface area (Å²) in [5, 5.41) is 15.9. The molecule has 17 aromatic rings. The molecule has 1 aliphatic rings. The molecular weight excluding hydrogens is 1110 g/mol. The molecule has 18 rings (SSSR count). The van der Waals surface area contributed by atoms with Crippen LogP contribution in [0, 0.1) is 0 Å². The fourth-order valence-corrected chi connectivity index (χ4v) is 17.7. The van der Waals surface area contributed by atoms with Gasteiger partial charge in [-0.25, -0.2) is 0 Å². The molecule has 0 amide bonds. The molecule has 412 valence electrons. The molecule has 88 heavy (non-hydrogen) atoms. The molecule has 0 N–H and O–H groups in total. The minimum atomic E-state index is -1.07. The van der Waals surface area contributed by atoms with Gasteiger partial charge >= 0.3 is 0 Å². The zero-order valence-electron chi connectivity index (χ0n) is 47.6. The molecule has 0 spiro atoms. The van der Waals surface area contributed by atoms with E-state index >= 15 is 0 Å². The van der Waals surface area contributed by atoms with E-state index in [1.807, 2.05) is 18.5 Å². The van der Waals surface area contributed by atoms with Crippen LogP contribution in [0.5, 0.6) is 0 Å². The Morgan fingerprint density at radius 1 is 0.284 bits per heavy atom. The lowest BCUT2D eigenvalue weighted by Crippen LogP contribution is -2.10. The lowest BCUT2D eigenvalue weighted by molar-refractivity contribution is 1.24. The number of fused-ring (bicyclic) bond motifs is 16. The largest absolute Gasteiger partial charge is 0.310 e. The third kappa shape index (κ3) is 8.14. The topological polar surface area (TPSA) is 32.3 Å². The van der Waals surface area contributed by atoms with Crippen molar-refractivity contribution < 1.29 is 0 Å². The first kappa shape index (κ1) is 50.4. The molecule has 0 bridgehead atoms. The minimum absolute atomic E-state index is 1.04. The SMILES string of the molecule is c1ccc(-c2ccc(N(c3ccc4c(c3)-c3ccncc3[SH]4c3cc4c5ccccc5c(N(c5ccc(-c6ccccc6)cc5)c5ccc6sc7cccnc7c6c5)cc4c4ccccc34)c3ccc4ccc5c6ccccc6ccc5c4c3)cc2)cc1. The van der Waals surface area contributed by atoms with Crippen molar-refractivity contribution in [3.05, 3.63) is 310 Å². The van der Waals surface area contributed by atoms with E-state index in [9.17, 15) is 0 Å². The van der Waals surface area contributed by atoms with Crippen molar-refractivity contribution >= 4 is 141 Å². The van der Waals surface area contributed by atoms with Crippen LogP contribution in [0.4, 0.5) is 34.1 Å². The zero-order valence-corrected chi connectivity index (χ0v) is 49.3. The van der Waals surface area contributed by atoms with Gasteiger partial charge in [0.2, 0.25) is 0 Å². The van der Waals surface area contributed by atoms with Crippen molar-refractivity contribution in [2.45, 2.75) is 14.7 Å². The second-order valence-electron chi connectivity index (χ2n) is 22.9. The quantitative estimate of drug-likeness (QED) is 0.115. The van der Waals surface area contributed by atoms with Crippen LogP contribution in [0.1, 0.15) is 0 Å². The summed E-state index contributed by atoms with van der Waals surface area (Å²) in [6, 6.07) is 108. The molecule has 0 saturated heterocycles. The Bertz CT molecular complexity index is 5650. The number of anilines is 6. The molecule has 0 radical (unpaired) electrons. The Morgan fingerprint density at radius 2 is 0.818 bits per heavy atom. The third-order valence-corrected chi connectivity index (χ3v) is 21.7. The van der Waals surface area contributed by atoms with Gasteiger partial charge in [0, 0.05) is 77.2 Å². The molecule has 4 heterocycles. The zero-order chi connectivity index (χ0) is 57.8. The van der Waals surface area contributed by atoms with Gasteiger partial charge in [-0.1, -0.05) is 188 Å². The second kappa shape index (κ2) is 20.4. The number of benzene rings is 14. The molecule has 0 saturated carbocycles. The summed E-state index contributed by atoms with van der Waals surface area (Å²) in [5.74, 6) is 0. The Labute approximate surface area is 515 Å². The number of hydrogen-bond donors (Lipinski definition) is 1. The van der Waals surface area contributed by atoms with E-state index in [0.717, 1.165) is 45.0 Å². The van der Waals surface area contributed by atoms with Gasteiger partial charge in [-0.15, -0.1) is 11.3 Å². The molecule has 3 aromatic heterocycles. The number of rotatable bonds is 9. The molecule has 1 atom stereocenters. The van der Waals surface area contributed by atoms with Crippen LogP contribution < -0.4 is 9.80 Å². The Balaban J connectivity index is 0.813. The summed E-state index contributed by atoms with van der Waals surface area (Å²) in [7, 11) is -1.07. The summed E-state index contributed by atoms with van der Waals surface area (Å²) in [4.78, 5) is 18.7. The van der Waals surface area contributed by atoms with Crippen molar-refractivity contribution in [1.29, 1.82) is 0 Å². The van der Waals surface area contributed by atoms with Gasteiger partial charge in [-0.3, -0.25) is 9.97 Å². The molecule has 0 aliphatic carbocycles. The normalized spacial score (nSPS) is 13.3. The lowest BCUT2D eigenvalue weighted by atomic mass is 9.95. The maximum atomic E-state index is 4.91. The van der Waals surface area contributed by atoms with Gasteiger partial charge in [-0.2, -0.15) is 10.9 Å². The number of hydrogen-bond acceptors (Lipinski definition) is 5. The number of nitrogens with zero attached hydrogens (tertiary/aromatic N) is 4. The number of thiophene rings is 1. The molecular formula is C82H52N4S2. The van der Waals surface area contributed by atoms with Crippen molar-refractivity contribution in [2.24, 2.45) is 0 Å². The van der Waals surface area contributed by atoms with Crippen molar-refractivity contribution in [3.8, 4) is 33.4 Å². The van der Waals surface area contributed by atoms with Gasteiger partial charge < -0.3 is 9.80 Å². The van der Waals surface area contributed by atoms with E-state index in [2.05, 4.69) is 301 Å². The van der Waals surface area contributed by atoms with Gasteiger partial charge in [-0.05, 0) is 196 Å². The first-order valence-electron chi connectivity index (χ1n) is 29.9. The molecule has 1 aliphatic heterocycles. The molecule has 0 fully saturated rings. The summed E-state index contributed by atoms with van der Waals surface area (Å²) in [6.07, 6.45) is 6.02. The van der Waals surface area contributed by atoms with Crippen LogP contribution in [0.3, 0.4) is 0 Å². The van der Waals surface area contributed by atoms with E-state index in [0.29, 0.717) is 0 Å². The van der Waals surface area contributed by atoms with E-state index in [1.54, 1.807) is 11.3 Å². The molecule has 1 unspecified atom stereocenters. The Kier molecular flexibility index (Phi) is 11.7. The van der Waals surface area contributed by atoms with Gasteiger partial charge in [0.1, 0.15) is 0 Å². The fourth-order valence-electron chi connectivity index (χ4n) is 13.9. The highest BCUT2D eigenvalue weighted by Gasteiger charge is 2.31. The van der Waals surface area contributed by atoms with Crippen LogP contribution >= 0.6 is 22.2 Å². The molecule has 14 aromatic carbocycles. The van der Waals surface area contributed by atoms with Gasteiger partial charge in [0.05, 0.1) is 15.9 Å². The molecule has 4 nitrogen and oxygen atoms in total. The maximum absolute atomic E-state index is 4.91. The predicted molar refractivity (Wildman–Crippen MR) is 376 cm³/mol. The summed E-state index contributed by atoms with van der Waals surface area (Å²) in [6.45, 7) is 0. The van der Waals surface area contributed by atoms with Crippen LogP contribution in [0.25, 0.3) is 118 Å². The Morgan fingerprint density at radius 3 is 1.57 bits per heavy atom. The van der Waals surface area contributed by atoms with Crippen LogP contribution in [0.2, 0.25) is 0 Å². The van der Waals surface area contributed by atoms with Crippen LogP contribution in [-0.2, 0) is 0 Å². The standard InChI is InChI=1S/C82H52N4S2/c1-3-14-52(15-4-1)54-25-32-58(33-26-54)85(60-36-29-57-31-39-66-63-19-8-7-18-56(63)30-40-67(66)71(57)46-60)61-38-42-79-74(47-61)70-43-45-83-51-81(70)88(79)80-50-73-64-20-9-11-22-68(64)76(49-72(73)65-21-10-12-23-69(65)80)86(59-34-27-55(28-35-59)53-16-5-2-6-17-53)62-37-41-77-75(48-62)82-78(87-77)24-13-44-84-82/h1-51,88H. The first-order valence-corrected chi connectivity index (χ1v) is 32.1. The molecule has 6 heteroatoms. The number of pyridine rings is 2. The third-order valence-electron chi connectivity index (χ3n) is 18.0. The van der Waals surface area contributed by atoms with Gasteiger partial charge in [0.15, 0.2) is 0 Å². The van der Waals surface area contributed by atoms with E-state index in [1.165, 1.54) is 122 Å².